The molecular formula is C12H13ClN2O. The predicted molar refractivity (Wildman–Crippen MR) is 62.7 cm³/mol. The van der Waals surface area contributed by atoms with E-state index in [1.165, 1.54) is 11.1 Å². The van der Waals surface area contributed by atoms with Crippen molar-refractivity contribution in [2.75, 3.05) is 5.88 Å². The topological polar surface area (TPSA) is 38.9 Å². The molecule has 0 amide bonds. The molecule has 16 heavy (non-hydrogen) atoms. The first-order valence-electron chi connectivity index (χ1n) is 5.21. The van der Waals surface area contributed by atoms with E-state index in [9.17, 15) is 0 Å². The molecular weight excluding hydrogens is 224 g/mol. The SMILES string of the molecule is Cc1cccc(Cc2noc(CCCl)n2)c1. The molecule has 0 saturated heterocycles. The summed E-state index contributed by atoms with van der Waals surface area (Å²) in [6, 6.07) is 8.28. The van der Waals surface area contributed by atoms with E-state index in [-0.39, 0.29) is 0 Å². The Morgan fingerprint density at radius 3 is 3.00 bits per heavy atom. The Labute approximate surface area is 99.4 Å². The molecule has 2 rings (SSSR count). The zero-order valence-corrected chi connectivity index (χ0v) is 9.87. The van der Waals surface area contributed by atoms with Gasteiger partial charge in [-0.2, -0.15) is 4.98 Å². The van der Waals surface area contributed by atoms with Crippen molar-refractivity contribution < 1.29 is 4.52 Å². The lowest BCUT2D eigenvalue weighted by Crippen LogP contribution is -1.92. The van der Waals surface area contributed by atoms with Gasteiger partial charge in [0.2, 0.25) is 5.89 Å². The molecule has 2 aromatic rings. The number of hydrogen-bond acceptors (Lipinski definition) is 3. The van der Waals surface area contributed by atoms with Crippen molar-refractivity contribution in [3.63, 3.8) is 0 Å². The highest BCUT2D eigenvalue weighted by molar-refractivity contribution is 6.17. The van der Waals surface area contributed by atoms with Crippen molar-refractivity contribution >= 4 is 11.6 Å². The lowest BCUT2D eigenvalue weighted by atomic mass is 10.1. The van der Waals surface area contributed by atoms with E-state index in [2.05, 4.69) is 35.3 Å². The Kier molecular flexibility index (Phi) is 3.57. The second kappa shape index (κ2) is 5.12. The van der Waals surface area contributed by atoms with Crippen molar-refractivity contribution in [1.29, 1.82) is 0 Å². The van der Waals surface area contributed by atoms with Crippen LogP contribution in [0.1, 0.15) is 22.8 Å². The van der Waals surface area contributed by atoms with Gasteiger partial charge in [-0.05, 0) is 12.5 Å². The fourth-order valence-corrected chi connectivity index (χ4v) is 1.71. The van der Waals surface area contributed by atoms with Gasteiger partial charge >= 0.3 is 0 Å². The first kappa shape index (κ1) is 11.1. The summed E-state index contributed by atoms with van der Waals surface area (Å²) in [4.78, 5) is 4.26. The van der Waals surface area contributed by atoms with Gasteiger partial charge in [-0.3, -0.25) is 0 Å². The normalized spacial score (nSPS) is 10.6. The summed E-state index contributed by atoms with van der Waals surface area (Å²) in [7, 11) is 0. The Hall–Kier alpha value is -1.35. The zero-order valence-electron chi connectivity index (χ0n) is 9.11. The lowest BCUT2D eigenvalue weighted by Gasteiger charge is -1.97. The first-order valence-corrected chi connectivity index (χ1v) is 5.74. The fourth-order valence-electron chi connectivity index (χ4n) is 1.55. The molecule has 0 radical (unpaired) electrons. The largest absolute Gasteiger partial charge is 0.339 e. The molecule has 3 nitrogen and oxygen atoms in total. The smallest absolute Gasteiger partial charge is 0.227 e. The van der Waals surface area contributed by atoms with Crippen molar-refractivity contribution in [2.24, 2.45) is 0 Å². The molecule has 1 aromatic heterocycles. The molecule has 0 atom stereocenters. The number of alkyl halides is 1. The van der Waals surface area contributed by atoms with Crippen molar-refractivity contribution in [2.45, 2.75) is 19.8 Å². The van der Waals surface area contributed by atoms with E-state index >= 15 is 0 Å². The first-order chi connectivity index (χ1) is 7.78. The number of nitrogens with zero attached hydrogens (tertiary/aromatic N) is 2. The molecule has 0 spiro atoms. The molecule has 84 valence electrons. The third-order valence-corrected chi connectivity index (χ3v) is 2.45. The van der Waals surface area contributed by atoms with Gasteiger partial charge in [0.25, 0.3) is 0 Å². The molecule has 0 bridgehead atoms. The highest BCUT2D eigenvalue weighted by Crippen LogP contribution is 2.09. The van der Waals surface area contributed by atoms with E-state index < -0.39 is 0 Å². The third-order valence-electron chi connectivity index (χ3n) is 2.26. The maximum absolute atomic E-state index is 5.60. The second-order valence-corrected chi connectivity index (χ2v) is 4.09. The summed E-state index contributed by atoms with van der Waals surface area (Å²) in [5, 5.41) is 3.91. The number of hydrogen-bond donors (Lipinski definition) is 0. The van der Waals surface area contributed by atoms with Gasteiger partial charge in [-0.15, -0.1) is 11.6 Å². The van der Waals surface area contributed by atoms with Crippen LogP contribution < -0.4 is 0 Å². The van der Waals surface area contributed by atoms with Crippen LogP contribution >= 0.6 is 11.6 Å². The van der Waals surface area contributed by atoms with Crippen molar-refractivity contribution in [3.8, 4) is 0 Å². The van der Waals surface area contributed by atoms with Gasteiger partial charge in [0, 0.05) is 18.7 Å². The van der Waals surface area contributed by atoms with E-state index in [0.29, 0.717) is 30.4 Å². The van der Waals surface area contributed by atoms with Crippen LogP contribution in [0, 0.1) is 6.92 Å². The van der Waals surface area contributed by atoms with Crippen molar-refractivity contribution in [1.82, 2.24) is 10.1 Å². The molecule has 0 aliphatic carbocycles. The molecule has 1 heterocycles. The van der Waals surface area contributed by atoms with Crippen LogP contribution in [0.5, 0.6) is 0 Å². The van der Waals surface area contributed by atoms with Crippen LogP contribution in [0.4, 0.5) is 0 Å². The molecule has 0 aliphatic heterocycles. The van der Waals surface area contributed by atoms with Gasteiger partial charge in [0.1, 0.15) is 0 Å². The number of aromatic nitrogens is 2. The Balaban J connectivity index is 2.08. The summed E-state index contributed by atoms with van der Waals surface area (Å²) in [6.07, 6.45) is 1.33. The molecule has 0 unspecified atom stereocenters. The second-order valence-electron chi connectivity index (χ2n) is 3.71. The Bertz CT molecular complexity index is 468. The number of benzene rings is 1. The van der Waals surface area contributed by atoms with Crippen LogP contribution in [0.25, 0.3) is 0 Å². The summed E-state index contributed by atoms with van der Waals surface area (Å²) in [5.41, 5.74) is 2.43. The van der Waals surface area contributed by atoms with Crippen LogP contribution in [0.2, 0.25) is 0 Å². The number of aryl methyl sites for hydroxylation is 2. The van der Waals surface area contributed by atoms with Gasteiger partial charge in [0.15, 0.2) is 5.82 Å². The number of rotatable bonds is 4. The molecule has 0 aliphatic rings. The average molecular weight is 237 g/mol. The summed E-state index contributed by atoms with van der Waals surface area (Å²) in [6.45, 7) is 2.07. The van der Waals surface area contributed by atoms with Crippen LogP contribution in [0.15, 0.2) is 28.8 Å². The van der Waals surface area contributed by atoms with E-state index in [1.54, 1.807) is 0 Å². The van der Waals surface area contributed by atoms with Crippen molar-refractivity contribution in [3.05, 3.63) is 47.1 Å². The maximum atomic E-state index is 5.60. The van der Waals surface area contributed by atoms with E-state index in [4.69, 9.17) is 16.1 Å². The average Bonchev–Trinajstić information content (AvgIpc) is 2.66. The van der Waals surface area contributed by atoms with Crippen LogP contribution in [0.3, 0.4) is 0 Å². The molecule has 1 aromatic carbocycles. The Morgan fingerprint density at radius 2 is 2.25 bits per heavy atom. The quantitative estimate of drug-likeness (QED) is 0.767. The zero-order chi connectivity index (χ0) is 11.4. The molecule has 0 N–H and O–H groups in total. The molecule has 0 fully saturated rings. The Morgan fingerprint density at radius 1 is 1.38 bits per heavy atom. The molecule has 0 saturated carbocycles. The number of halogens is 1. The van der Waals surface area contributed by atoms with Gasteiger partial charge in [-0.1, -0.05) is 35.0 Å². The van der Waals surface area contributed by atoms with Crippen LogP contribution in [-0.4, -0.2) is 16.0 Å². The molecule has 4 heteroatoms. The summed E-state index contributed by atoms with van der Waals surface area (Å²) < 4.78 is 5.06. The van der Waals surface area contributed by atoms with Crippen LogP contribution in [-0.2, 0) is 12.8 Å². The summed E-state index contributed by atoms with van der Waals surface area (Å²) >= 11 is 5.60. The minimum Gasteiger partial charge on any atom is -0.339 e. The highest BCUT2D eigenvalue weighted by Gasteiger charge is 2.06. The van der Waals surface area contributed by atoms with Gasteiger partial charge < -0.3 is 4.52 Å². The van der Waals surface area contributed by atoms with Gasteiger partial charge in [0.05, 0.1) is 0 Å². The lowest BCUT2D eigenvalue weighted by molar-refractivity contribution is 0.378. The van der Waals surface area contributed by atoms with E-state index in [0.717, 1.165) is 0 Å². The fraction of sp³-hybridized carbons (Fsp3) is 0.333. The summed E-state index contributed by atoms with van der Waals surface area (Å²) in [5.74, 6) is 1.83. The minimum absolute atomic E-state index is 0.506. The standard InChI is InChI=1S/C12H13ClN2O/c1-9-3-2-4-10(7-9)8-11-14-12(5-6-13)16-15-11/h2-4,7H,5-6,8H2,1H3. The van der Waals surface area contributed by atoms with Gasteiger partial charge in [-0.25, -0.2) is 0 Å². The maximum Gasteiger partial charge on any atom is 0.227 e. The third kappa shape index (κ3) is 2.83. The minimum atomic E-state index is 0.506. The monoisotopic (exact) mass is 236 g/mol. The van der Waals surface area contributed by atoms with E-state index in [1.807, 2.05) is 6.07 Å². The predicted octanol–water partition coefficient (Wildman–Crippen LogP) is 2.75. The highest BCUT2D eigenvalue weighted by atomic mass is 35.5.